The first kappa shape index (κ1) is 33.0. The molecule has 3 atom stereocenters. The first-order chi connectivity index (χ1) is 18.8. The van der Waals surface area contributed by atoms with Crippen molar-refractivity contribution in [1.82, 2.24) is 15.2 Å². The van der Waals surface area contributed by atoms with Gasteiger partial charge >= 0.3 is 0 Å². The van der Waals surface area contributed by atoms with Crippen LogP contribution in [-0.2, 0) is 6.54 Å². The first-order valence-corrected chi connectivity index (χ1v) is 14.0. The van der Waals surface area contributed by atoms with Crippen molar-refractivity contribution in [1.29, 1.82) is 0 Å². The number of para-hydroxylation sites is 1. The maximum Gasteiger partial charge on any atom is 0.118 e. The highest BCUT2D eigenvalue weighted by molar-refractivity contribution is 5.93. The van der Waals surface area contributed by atoms with Crippen molar-refractivity contribution in [2.45, 2.75) is 31.8 Å². The van der Waals surface area contributed by atoms with Crippen LogP contribution in [0.4, 0.5) is 5.69 Å². The summed E-state index contributed by atoms with van der Waals surface area (Å²) in [4.78, 5) is 7.59. The number of nitrogens with zero attached hydrogens (tertiary/aromatic N) is 2. The third-order valence-electron chi connectivity index (χ3n) is 8.36. The third kappa shape index (κ3) is 7.85. The summed E-state index contributed by atoms with van der Waals surface area (Å²) >= 11 is 0. The highest BCUT2D eigenvalue weighted by atomic mass is 35.5. The molecule has 2 heterocycles. The van der Waals surface area contributed by atoms with E-state index in [-0.39, 0.29) is 37.2 Å². The largest absolute Gasteiger partial charge is 0.497 e. The van der Waals surface area contributed by atoms with Crippen molar-refractivity contribution >= 4 is 53.8 Å². The quantitative estimate of drug-likeness (QED) is 0.181. The van der Waals surface area contributed by atoms with Gasteiger partial charge in [-0.2, -0.15) is 0 Å². The molecule has 5 nitrogen and oxygen atoms in total. The molecule has 1 aliphatic heterocycles. The molecule has 1 aromatic heterocycles. The molecule has 8 heteroatoms. The number of halogens is 3. The lowest BCUT2D eigenvalue weighted by Gasteiger charge is -2.22. The molecule has 2 N–H and O–H groups in total. The van der Waals surface area contributed by atoms with Gasteiger partial charge in [0.1, 0.15) is 5.75 Å². The highest BCUT2D eigenvalue weighted by Gasteiger charge is 2.42. The molecule has 3 unspecified atom stereocenters. The van der Waals surface area contributed by atoms with Gasteiger partial charge in [-0.3, -0.25) is 4.90 Å². The van der Waals surface area contributed by atoms with Gasteiger partial charge in [0, 0.05) is 48.9 Å². The van der Waals surface area contributed by atoms with Crippen LogP contribution in [0.3, 0.4) is 0 Å². The molecule has 6 rings (SSSR count). The average molecular weight is 616 g/mol. The van der Waals surface area contributed by atoms with E-state index >= 15 is 0 Å². The summed E-state index contributed by atoms with van der Waals surface area (Å²) in [6, 6.07) is 30.3. The minimum Gasteiger partial charge on any atom is -0.497 e. The summed E-state index contributed by atoms with van der Waals surface area (Å²) in [5.74, 6) is 2.51. The van der Waals surface area contributed by atoms with Crippen LogP contribution in [0, 0.1) is 11.8 Å². The molecule has 0 amide bonds. The molecule has 3 aromatic carbocycles. The average Bonchev–Trinajstić information content (AvgIpc) is 3.54. The second-order valence-corrected chi connectivity index (χ2v) is 10.8. The molecule has 1 saturated carbocycles. The number of rotatable bonds is 10. The van der Waals surface area contributed by atoms with Gasteiger partial charge in [0.25, 0.3) is 0 Å². The maximum absolute atomic E-state index is 5.32. The molecule has 220 valence electrons. The number of methoxy groups -OCH3 is 1. The van der Waals surface area contributed by atoms with Crippen LogP contribution in [-0.4, -0.2) is 49.2 Å². The van der Waals surface area contributed by atoms with Crippen LogP contribution in [0.25, 0.3) is 22.2 Å². The molecular weight excluding hydrogens is 575 g/mol. The molecule has 4 aromatic rings. The molecule has 41 heavy (non-hydrogen) atoms. The van der Waals surface area contributed by atoms with Gasteiger partial charge in [0.2, 0.25) is 0 Å². The zero-order valence-electron chi connectivity index (χ0n) is 23.5. The molecule has 0 radical (unpaired) electrons. The summed E-state index contributed by atoms with van der Waals surface area (Å²) in [7, 11) is 1.69. The second kappa shape index (κ2) is 15.6. The van der Waals surface area contributed by atoms with E-state index in [1.54, 1.807) is 7.11 Å². The van der Waals surface area contributed by atoms with Crippen LogP contribution < -0.4 is 15.4 Å². The second-order valence-electron chi connectivity index (χ2n) is 10.8. The normalized spacial score (nSPS) is 19.5. The number of hydrogen-bond donors (Lipinski definition) is 2. The van der Waals surface area contributed by atoms with Gasteiger partial charge in [0.05, 0.1) is 18.3 Å². The van der Waals surface area contributed by atoms with Crippen LogP contribution in [0.2, 0.25) is 0 Å². The number of pyridine rings is 1. The summed E-state index contributed by atoms with van der Waals surface area (Å²) in [5.41, 5.74) is 5.66. The Morgan fingerprint density at radius 1 is 0.854 bits per heavy atom. The minimum atomic E-state index is 0. The molecule has 1 saturated heterocycles. The van der Waals surface area contributed by atoms with Gasteiger partial charge in [-0.05, 0) is 79.6 Å². The molecule has 2 fully saturated rings. The van der Waals surface area contributed by atoms with Crippen LogP contribution in [0.1, 0.15) is 24.8 Å². The Balaban J connectivity index is 0.00000154. The van der Waals surface area contributed by atoms with E-state index < -0.39 is 0 Å². The van der Waals surface area contributed by atoms with E-state index in [0.717, 1.165) is 66.1 Å². The zero-order valence-corrected chi connectivity index (χ0v) is 25.9. The number of ether oxygens (including phenoxy) is 1. The predicted octanol–water partition coefficient (Wildman–Crippen LogP) is 7.48. The SMILES string of the molecule is COc1ccc(-c2cc(NCCCNC3CCC4CN(Cc5ccccc5)CC43)c3ccccc3n2)cc1.Cl.Cl.Cl. The van der Waals surface area contributed by atoms with Crippen molar-refractivity contribution < 1.29 is 4.74 Å². The summed E-state index contributed by atoms with van der Waals surface area (Å²) < 4.78 is 5.32. The third-order valence-corrected chi connectivity index (χ3v) is 8.36. The fraction of sp³-hybridized carbons (Fsp3) is 0.364. The minimum absolute atomic E-state index is 0. The van der Waals surface area contributed by atoms with Crippen molar-refractivity contribution in [3.63, 3.8) is 0 Å². The number of nitrogens with one attached hydrogen (secondary N) is 2. The smallest absolute Gasteiger partial charge is 0.118 e. The maximum atomic E-state index is 5.32. The van der Waals surface area contributed by atoms with E-state index in [4.69, 9.17) is 9.72 Å². The van der Waals surface area contributed by atoms with E-state index in [1.807, 2.05) is 12.1 Å². The van der Waals surface area contributed by atoms with Crippen molar-refractivity contribution in [3.8, 4) is 17.0 Å². The van der Waals surface area contributed by atoms with Gasteiger partial charge in [0.15, 0.2) is 0 Å². The van der Waals surface area contributed by atoms with E-state index in [0.29, 0.717) is 6.04 Å². The Morgan fingerprint density at radius 3 is 2.39 bits per heavy atom. The predicted molar refractivity (Wildman–Crippen MR) is 178 cm³/mol. The summed E-state index contributed by atoms with van der Waals surface area (Å²) in [6.07, 6.45) is 3.78. The number of fused-ring (bicyclic) bond motifs is 2. The van der Waals surface area contributed by atoms with Gasteiger partial charge in [-0.25, -0.2) is 4.98 Å². The van der Waals surface area contributed by atoms with Crippen molar-refractivity contribution in [2.24, 2.45) is 11.8 Å². The van der Waals surface area contributed by atoms with Crippen LogP contribution >= 0.6 is 37.2 Å². The molecular formula is C33H41Cl3N4O. The number of anilines is 1. The van der Waals surface area contributed by atoms with Crippen LogP contribution in [0.5, 0.6) is 5.75 Å². The molecule has 0 bridgehead atoms. The van der Waals surface area contributed by atoms with Crippen molar-refractivity contribution in [3.05, 3.63) is 90.5 Å². The number of hydrogen-bond acceptors (Lipinski definition) is 5. The molecule has 1 aliphatic carbocycles. The monoisotopic (exact) mass is 614 g/mol. The summed E-state index contributed by atoms with van der Waals surface area (Å²) in [5, 5.41) is 8.80. The highest BCUT2D eigenvalue weighted by Crippen LogP contribution is 2.38. The lowest BCUT2D eigenvalue weighted by Crippen LogP contribution is -2.36. The lowest BCUT2D eigenvalue weighted by atomic mass is 9.98. The Kier molecular flexibility index (Phi) is 12.6. The van der Waals surface area contributed by atoms with Crippen molar-refractivity contribution in [2.75, 3.05) is 38.6 Å². The van der Waals surface area contributed by atoms with E-state index in [9.17, 15) is 0 Å². The zero-order chi connectivity index (χ0) is 25.7. The van der Waals surface area contributed by atoms with E-state index in [2.05, 4.69) is 88.3 Å². The standard InChI is InChI=1S/C33H38N4O.3ClH/c1-38-27-15-12-25(13-16-27)32-20-33(28-10-5-6-11-31(28)36-32)35-19-7-18-34-30-17-14-26-22-37(23-29(26)30)21-24-8-3-2-4-9-24;;;/h2-6,8-13,15-16,20,26,29-30,34H,7,14,17-19,21-23H2,1H3,(H,35,36);3*1H. The topological polar surface area (TPSA) is 49.4 Å². The Bertz CT molecular complexity index is 1360. The number of aromatic nitrogens is 1. The van der Waals surface area contributed by atoms with Gasteiger partial charge in [-0.1, -0.05) is 48.5 Å². The van der Waals surface area contributed by atoms with Crippen LogP contribution in [0.15, 0.2) is 84.9 Å². The molecule has 0 spiro atoms. The van der Waals surface area contributed by atoms with Gasteiger partial charge in [-0.15, -0.1) is 37.2 Å². The van der Waals surface area contributed by atoms with E-state index in [1.165, 1.54) is 36.9 Å². The number of benzene rings is 3. The Hall–Kier alpha value is -2.54. The van der Waals surface area contributed by atoms with Gasteiger partial charge < -0.3 is 15.4 Å². The Morgan fingerprint density at radius 2 is 1.61 bits per heavy atom. The summed E-state index contributed by atoms with van der Waals surface area (Å²) in [6.45, 7) is 5.55. The lowest BCUT2D eigenvalue weighted by molar-refractivity contribution is 0.289. The fourth-order valence-electron chi connectivity index (χ4n) is 6.41. The fourth-order valence-corrected chi connectivity index (χ4v) is 6.41. The molecule has 2 aliphatic rings. The first-order valence-electron chi connectivity index (χ1n) is 14.0. The number of likely N-dealkylation sites (tertiary alicyclic amines) is 1. The Labute approximate surface area is 262 Å².